The molecule has 0 fully saturated rings. The lowest BCUT2D eigenvalue weighted by Gasteiger charge is -2.10. The summed E-state index contributed by atoms with van der Waals surface area (Å²) in [7, 11) is 0. The van der Waals surface area contributed by atoms with E-state index < -0.39 is 0 Å². The molecule has 0 aliphatic carbocycles. The van der Waals surface area contributed by atoms with E-state index in [0.717, 1.165) is 35.2 Å². The van der Waals surface area contributed by atoms with Crippen molar-refractivity contribution in [1.82, 2.24) is 0 Å². The molecule has 0 N–H and O–H groups in total. The molecular weight excluding hydrogens is 228 g/mol. The molecule has 0 aromatic heterocycles. The van der Waals surface area contributed by atoms with Gasteiger partial charge in [-0.3, -0.25) is 4.79 Å². The van der Waals surface area contributed by atoms with Crippen LogP contribution in [0, 0.1) is 0 Å². The van der Waals surface area contributed by atoms with Gasteiger partial charge in [0.1, 0.15) is 0 Å². The average molecular weight is 242 g/mol. The standard InChI is InChI=1S/C15H14OS/c16-11-13-6-2-4-8-15(13)14-7-3-1-5-12(14)9-10-17/h1-8,11,17H,9-10H2. The first-order valence-corrected chi connectivity index (χ1v) is 6.23. The van der Waals surface area contributed by atoms with Crippen molar-refractivity contribution in [2.45, 2.75) is 6.42 Å². The molecule has 0 amide bonds. The molecule has 17 heavy (non-hydrogen) atoms. The van der Waals surface area contributed by atoms with E-state index in [1.165, 1.54) is 5.56 Å². The Kier molecular flexibility index (Phi) is 3.99. The van der Waals surface area contributed by atoms with Crippen molar-refractivity contribution in [3.8, 4) is 11.1 Å². The van der Waals surface area contributed by atoms with Crippen molar-refractivity contribution in [2.75, 3.05) is 5.75 Å². The number of carbonyl (C=O) groups excluding carboxylic acids is 1. The lowest BCUT2D eigenvalue weighted by atomic mass is 9.95. The van der Waals surface area contributed by atoms with E-state index in [4.69, 9.17) is 0 Å². The van der Waals surface area contributed by atoms with Gasteiger partial charge in [0.25, 0.3) is 0 Å². The first-order chi connectivity index (χ1) is 8.36. The van der Waals surface area contributed by atoms with E-state index in [2.05, 4.69) is 24.8 Å². The Balaban J connectivity index is 2.55. The number of rotatable bonds is 4. The highest BCUT2D eigenvalue weighted by atomic mass is 32.1. The molecule has 0 bridgehead atoms. The molecule has 0 unspecified atom stereocenters. The van der Waals surface area contributed by atoms with Crippen LogP contribution in [0.5, 0.6) is 0 Å². The van der Waals surface area contributed by atoms with Gasteiger partial charge in [-0.15, -0.1) is 0 Å². The van der Waals surface area contributed by atoms with Gasteiger partial charge in [0.15, 0.2) is 6.29 Å². The minimum atomic E-state index is 0.735. The normalized spacial score (nSPS) is 10.2. The third-order valence-electron chi connectivity index (χ3n) is 2.78. The summed E-state index contributed by atoms with van der Waals surface area (Å²) < 4.78 is 0. The van der Waals surface area contributed by atoms with Gasteiger partial charge in [-0.05, 0) is 28.9 Å². The molecule has 2 heteroatoms. The van der Waals surface area contributed by atoms with E-state index in [1.807, 2.05) is 36.4 Å². The van der Waals surface area contributed by atoms with Crippen molar-refractivity contribution in [2.24, 2.45) is 0 Å². The molecule has 2 aromatic rings. The summed E-state index contributed by atoms with van der Waals surface area (Å²) in [6, 6.07) is 15.8. The summed E-state index contributed by atoms with van der Waals surface area (Å²) in [4.78, 5) is 11.1. The zero-order chi connectivity index (χ0) is 12.1. The number of carbonyl (C=O) groups is 1. The second kappa shape index (κ2) is 5.69. The molecule has 0 radical (unpaired) electrons. The molecule has 0 heterocycles. The van der Waals surface area contributed by atoms with Gasteiger partial charge in [0.2, 0.25) is 0 Å². The van der Waals surface area contributed by atoms with Crippen molar-refractivity contribution >= 4 is 18.9 Å². The predicted octanol–water partition coefficient (Wildman–Crippen LogP) is 3.64. The average Bonchev–Trinajstić information content (AvgIpc) is 2.40. The maximum atomic E-state index is 11.1. The van der Waals surface area contributed by atoms with Crippen molar-refractivity contribution in [3.05, 3.63) is 59.7 Å². The quantitative estimate of drug-likeness (QED) is 0.640. The highest BCUT2D eigenvalue weighted by Gasteiger charge is 2.07. The molecule has 2 aromatic carbocycles. The van der Waals surface area contributed by atoms with Crippen LogP contribution in [0.3, 0.4) is 0 Å². The van der Waals surface area contributed by atoms with Gasteiger partial charge in [0.05, 0.1) is 0 Å². The second-order valence-corrected chi connectivity index (χ2v) is 4.28. The molecule has 1 nitrogen and oxygen atoms in total. The van der Waals surface area contributed by atoms with Crippen molar-refractivity contribution in [3.63, 3.8) is 0 Å². The number of aryl methyl sites for hydroxylation is 1. The minimum absolute atomic E-state index is 0.735. The molecule has 0 spiro atoms. The van der Waals surface area contributed by atoms with Crippen LogP contribution in [0.1, 0.15) is 15.9 Å². The maximum absolute atomic E-state index is 11.1. The van der Waals surface area contributed by atoms with Crippen LogP contribution in [0.15, 0.2) is 48.5 Å². The van der Waals surface area contributed by atoms with Crippen LogP contribution in [0.25, 0.3) is 11.1 Å². The Morgan fingerprint density at radius 1 is 0.941 bits per heavy atom. The Bertz CT molecular complexity index is 520. The summed E-state index contributed by atoms with van der Waals surface area (Å²) in [6.07, 6.45) is 1.82. The Labute approximate surface area is 107 Å². The first-order valence-electron chi connectivity index (χ1n) is 5.60. The zero-order valence-corrected chi connectivity index (χ0v) is 10.4. The Hall–Kier alpha value is -1.54. The molecule has 0 aliphatic rings. The van der Waals surface area contributed by atoms with E-state index in [1.54, 1.807) is 0 Å². The van der Waals surface area contributed by atoms with Crippen molar-refractivity contribution < 1.29 is 4.79 Å². The van der Waals surface area contributed by atoms with Crippen LogP contribution in [0.4, 0.5) is 0 Å². The van der Waals surface area contributed by atoms with Gasteiger partial charge in [-0.25, -0.2) is 0 Å². The predicted molar refractivity (Wildman–Crippen MR) is 74.8 cm³/mol. The second-order valence-electron chi connectivity index (χ2n) is 3.84. The maximum Gasteiger partial charge on any atom is 0.150 e. The molecule has 0 saturated carbocycles. The molecule has 2 rings (SSSR count). The molecule has 86 valence electrons. The van der Waals surface area contributed by atoms with E-state index in [9.17, 15) is 4.79 Å². The topological polar surface area (TPSA) is 17.1 Å². The van der Waals surface area contributed by atoms with Crippen molar-refractivity contribution in [1.29, 1.82) is 0 Å². The summed E-state index contributed by atoms with van der Waals surface area (Å²) >= 11 is 4.27. The number of thiol groups is 1. The number of hydrogen-bond acceptors (Lipinski definition) is 2. The van der Waals surface area contributed by atoms with Gasteiger partial charge in [-0.1, -0.05) is 48.5 Å². The highest BCUT2D eigenvalue weighted by molar-refractivity contribution is 7.80. The first kappa shape index (κ1) is 11.9. The highest BCUT2D eigenvalue weighted by Crippen LogP contribution is 2.26. The smallest absolute Gasteiger partial charge is 0.150 e. The number of aldehydes is 1. The molecule has 0 saturated heterocycles. The third-order valence-corrected chi connectivity index (χ3v) is 3.00. The van der Waals surface area contributed by atoms with Gasteiger partial charge >= 0.3 is 0 Å². The lowest BCUT2D eigenvalue weighted by Crippen LogP contribution is -1.94. The van der Waals surface area contributed by atoms with Crippen LogP contribution >= 0.6 is 12.6 Å². The number of hydrogen-bond donors (Lipinski definition) is 1. The monoisotopic (exact) mass is 242 g/mol. The van der Waals surface area contributed by atoms with Gasteiger partial charge < -0.3 is 0 Å². The van der Waals surface area contributed by atoms with E-state index >= 15 is 0 Å². The van der Waals surface area contributed by atoms with Crippen LogP contribution in [0.2, 0.25) is 0 Å². The largest absolute Gasteiger partial charge is 0.298 e. The fraction of sp³-hybridized carbons (Fsp3) is 0.133. The third kappa shape index (κ3) is 2.59. The summed E-state index contributed by atoms with van der Waals surface area (Å²) in [6.45, 7) is 0. The SMILES string of the molecule is O=Cc1ccccc1-c1ccccc1CCS. The Morgan fingerprint density at radius 2 is 1.59 bits per heavy atom. The summed E-state index contributed by atoms with van der Waals surface area (Å²) in [5.41, 5.74) is 4.10. The molecular formula is C15H14OS. The van der Waals surface area contributed by atoms with E-state index in [0.29, 0.717) is 0 Å². The molecule has 0 aliphatic heterocycles. The summed E-state index contributed by atoms with van der Waals surface area (Å²) in [5.74, 6) is 0.806. The van der Waals surface area contributed by atoms with Gasteiger partial charge in [0, 0.05) is 5.56 Å². The zero-order valence-electron chi connectivity index (χ0n) is 9.47. The fourth-order valence-electron chi connectivity index (χ4n) is 1.97. The Morgan fingerprint density at radius 3 is 2.29 bits per heavy atom. The van der Waals surface area contributed by atoms with E-state index in [-0.39, 0.29) is 0 Å². The fourth-order valence-corrected chi connectivity index (χ4v) is 2.21. The van der Waals surface area contributed by atoms with Crippen LogP contribution in [-0.2, 0) is 6.42 Å². The van der Waals surface area contributed by atoms with Crippen LogP contribution in [-0.4, -0.2) is 12.0 Å². The van der Waals surface area contributed by atoms with Crippen LogP contribution < -0.4 is 0 Å². The van der Waals surface area contributed by atoms with Gasteiger partial charge in [-0.2, -0.15) is 12.6 Å². The lowest BCUT2D eigenvalue weighted by molar-refractivity contribution is 0.112. The number of benzene rings is 2. The minimum Gasteiger partial charge on any atom is -0.298 e. The summed E-state index contributed by atoms with van der Waals surface area (Å²) in [5, 5.41) is 0. The molecule has 0 atom stereocenters.